The Labute approximate surface area is 146 Å². The van der Waals surface area contributed by atoms with E-state index in [1.165, 1.54) is 4.90 Å². The van der Waals surface area contributed by atoms with Gasteiger partial charge in [0.15, 0.2) is 0 Å². The number of thioether (sulfide) groups is 1. The molecule has 6 nitrogen and oxygen atoms in total. The van der Waals surface area contributed by atoms with Gasteiger partial charge in [-0.05, 0) is 36.1 Å². The molecule has 0 unspecified atom stereocenters. The molecule has 1 aliphatic rings. The van der Waals surface area contributed by atoms with Crippen molar-refractivity contribution < 1.29 is 19.4 Å². The van der Waals surface area contributed by atoms with Gasteiger partial charge in [0.05, 0.1) is 13.7 Å². The lowest BCUT2D eigenvalue weighted by molar-refractivity contribution is -0.150. The molecule has 2 rings (SSSR count). The molecule has 7 heteroatoms. The van der Waals surface area contributed by atoms with E-state index in [-0.39, 0.29) is 18.4 Å². The lowest BCUT2D eigenvalue weighted by Gasteiger charge is -2.35. The molecular formula is C17H24N2O4S. The summed E-state index contributed by atoms with van der Waals surface area (Å²) in [5, 5.41) is 9.90. The Kier molecular flexibility index (Phi) is 6.93. The maximum atomic E-state index is 12.3. The van der Waals surface area contributed by atoms with Gasteiger partial charge >= 0.3 is 0 Å². The molecule has 1 N–H and O–H groups in total. The highest BCUT2D eigenvalue weighted by Crippen LogP contribution is 2.16. The van der Waals surface area contributed by atoms with Gasteiger partial charge in [-0.2, -0.15) is 11.8 Å². The first-order chi connectivity index (χ1) is 11.5. The third kappa shape index (κ3) is 4.88. The molecule has 0 saturated carbocycles. The number of piperazine rings is 1. The summed E-state index contributed by atoms with van der Waals surface area (Å²) in [6.07, 6.45) is 1.33. The van der Waals surface area contributed by atoms with Crippen LogP contribution in [-0.4, -0.2) is 71.6 Å². The minimum absolute atomic E-state index is 0.0269. The Morgan fingerprint density at radius 2 is 2.21 bits per heavy atom. The van der Waals surface area contributed by atoms with Crippen molar-refractivity contribution in [3.63, 3.8) is 0 Å². The monoisotopic (exact) mass is 352 g/mol. The number of carbonyl (C=O) groups is 2. The Morgan fingerprint density at radius 1 is 1.42 bits per heavy atom. The predicted molar refractivity (Wildman–Crippen MR) is 94.0 cm³/mol. The van der Waals surface area contributed by atoms with Crippen LogP contribution in [0.3, 0.4) is 0 Å². The van der Waals surface area contributed by atoms with Crippen LogP contribution < -0.4 is 4.74 Å². The first-order valence-corrected chi connectivity index (χ1v) is 9.31. The van der Waals surface area contributed by atoms with E-state index in [0.29, 0.717) is 26.1 Å². The van der Waals surface area contributed by atoms with Crippen LogP contribution in [0.5, 0.6) is 5.75 Å². The molecule has 1 heterocycles. The van der Waals surface area contributed by atoms with E-state index in [9.17, 15) is 14.7 Å². The Bertz CT molecular complexity index is 581. The molecule has 1 saturated heterocycles. The van der Waals surface area contributed by atoms with Gasteiger partial charge < -0.3 is 19.6 Å². The second-order valence-electron chi connectivity index (χ2n) is 5.72. The van der Waals surface area contributed by atoms with Gasteiger partial charge in [0, 0.05) is 19.6 Å². The molecule has 2 amide bonds. The van der Waals surface area contributed by atoms with Crippen molar-refractivity contribution >= 4 is 23.6 Å². The van der Waals surface area contributed by atoms with E-state index < -0.39 is 6.10 Å². The molecule has 0 aromatic heterocycles. The summed E-state index contributed by atoms with van der Waals surface area (Å²) >= 11 is 1.58. The minimum Gasteiger partial charge on any atom is -0.497 e. The van der Waals surface area contributed by atoms with Gasteiger partial charge in [0.25, 0.3) is 5.91 Å². The van der Waals surface area contributed by atoms with Crippen molar-refractivity contribution in [2.24, 2.45) is 0 Å². The Morgan fingerprint density at radius 3 is 2.88 bits per heavy atom. The number of aliphatic hydroxyl groups is 1. The molecule has 1 atom stereocenters. The molecule has 1 aliphatic heterocycles. The summed E-state index contributed by atoms with van der Waals surface area (Å²) in [4.78, 5) is 27.7. The first-order valence-electron chi connectivity index (χ1n) is 7.91. The Balaban J connectivity index is 1.90. The average molecular weight is 352 g/mol. The number of hydrogen-bond donors (Lipinski definition) is 1. The molecule has 0 bridgehead atoms. The van der Waals surface area contributed by atoms with E-state index in [1.807, 2.05) is 30.5 Å². The van der Waals surface area contributed by atoms with E-state index in [4.69, 9.17) is 4.74 Å². The van der Waals surface area contributed by atoms with E-state index in [1.54, 1.807) is 23.8 Å². The largest absolute Gasteiger partial charge is 0.497 e. The van der Waals surface area contributed by atoms with Gasteiger partial charge in [0.1, 0.15) is 11.9 Å². The number of carbonyl (C=O) groups excluding carboxylic acids is 2. The number of aliphatic hydroxyl groups excluding tert-OH is 1. The number of nitrogens with zero attached hydrogens (tertiary/aromatic N) is 2. The number of rotatable bonds is 7. The van der Waals surface area contributed by atoms with Crippen molar-refractivity contribution in [1.82, 2.24) is 9.80 Å². The van der Waals surface area contributed by atoms with Gasteiger partial charge in [-0.15, -0.1) is 0 Å². The fourth-order valence-corrected chi connectivity index (χ4v) is 3.08. The van der Waals surface area contributed by atoms with E-state index in [2.05, 4.69) is 0 Å². The van der Waals surface area contributed by atoms with Gasteiger partial charge in [-0.25, -0.2) is 0 Å². The second kappa shape index (κ2) is 8.94. The lowest BCUT2D eigenvalue weighted by Crippen LogP contribution is -2.54. The van der Waals surface area contributed by atoms with Crippen molar-refractivity contribution in [1.29, 1.82) is 0 Å². The number of ether oxygens (including phenoxy) is 1. The summed E-state index contributed by atoms with van der Waals surface area (Å²) in [6.45, 7) is 1.44. The van der Waals surface area contributed by atoms with Crippen LogP contribution >= 0.6 is 11.8 Å². The van der Waals surface area contributed by atoms with Crippen LogP contribution in [0.4, 0.5) is 0 Å². The first kappa shape index (κ1) is 18.6. The zero-order chi connectivity index (χ0) is 17.5. The van der Waals surface area contributed by atoms with E-state index >= 15 is 0 Å². The Hall–Kier alpha value is -1.73. The highest BCUT2D eigenvalue weighted by molar-refractivity contribution is 7.98. The smallest absolute Gasteiger partial charge is 0.251 e. The fourth-order valence-electron chi connectivity index (χ4n) is 2.62. The maximum absolute atomic E-state index is 12.3. The van der Waals surface area contributed by atoms with Crippen molar-refractivity contribution in [2.75, 3.05) is 38.8 Å². The maximum Gasteiger partial charge on any atom is 0.251 e. The number of amides is 2. The average Bonchev–Trinajstić information content (AvgIpc) is 2.60. The third-order valence-corrected chi connectivity index (χ3v) is 4.66. The standard InChI is InChI=1S/C17H24N2O4S/c1-23-14-5-3-4-13(10-14)11-18-7-8-19(12-16(18)21)17(22)15(20)6-9-24-2/h3-5,10,15,20H,6-9,11-12H2,1-2H3/t15-/m1/s1. The molecule has 1 fully saturated rings. The van der Waals surface area contributed by atoms with Gasteiger partial charge in [-0.1, -0.05) is 12.1 Å². The topological polar surface area (TPSA) is 70.1 Å². The van der Waals surface area contributed by atoms with Crippen LogP contribution in [0.1, 0.15) is 12.0 Å². The highest BCUT2D eigenvalue weighted by Gasteiger charge is 2.30. The van der Waals surface area contributed by atoms with Gasteiger partial charge in [0.2, 0.25) is 5.91 Å². The molecule has 1 aromatic rings. The fraction of sp³-hybridized carbons (Fsp3) is 0.529. The molecule has 0 radical (unpaired) electrons. The molecule has 0 aliphatic carbocycles. The quantitative estimate of drug-likeness (QED) is 0.792. The number of methoxy groups -OCH3 is 1. The SMILES string of the molecule is COc1cccc(CN2CCN(C(=O)[C@H](O)CCSC)CC2=O)c1. The predicted octanol–water partition coefficient (Wildman–Crippen LogP) is 0.980. The third-order valence-electron chi connectivity index (χ3n) is 4.02. The molecule has 1 aromatic carbocycles. The van der Waals surface area contributed by atoms with Crippen LogP contribution in [0.15, 0.2) is 24.3 Å². The zero-order valence-electron chi connectivity index (χ0n) is 14.1. The highest BCUT2D eigenvalue weighted by atomic mass is 32.2. The summed E-state index contributed by atoms with van der Waals surface area (Å²) < 4.78 is 5.19. The van der Waals surface area contributed by atoms with Crippen LogP contribution in [0.25, 0.3) is 0 Å². The number of benzene rings is 1. The zero-order valence-corrected chi connectivity index (χ0v) is 14.9. The summed E-state index contributed by atoms with van der Waals surface area (Å²) in [7, 11) is 1.61. The summed E-state index contributed by atoms with van der Waals surface area (Å²) in [5.74, 6) is 1.02. The lowest BCUT2D eigenvalue weighted by atomic mass is 10.1. The van der Waals surface area contributed by atoms with Crippen LogP contribution in [0.2, 0.25) is 0 Å². The molecule has 132 valence electrons. The molecular weight excluding hydrogens is 328 g/mol. The van der Waals surface area contributed by atoms with E-state index in [0.717, 1.165) is 17.1 Å². The molecule has 0 spiro atoms. The second-order valence-corrected chi connectivity index (χ2v) is 6.71. The minimum atomic E-state index is -1.02. The summed E-state index contributed by atoms with van der Waals surface area (Å²) in [6, 6.07) is 7.59. The van der Waals surface area contributed by atoms with Crippen molar-refractivity contribution in [3.05, 3.63) is 29.8 Å². The van der Waals surface area contributed by atoms with Crippen molar-refractivity contribution in [2.45, 2.75) is 19.1 Å². The van der Waals surface area contributed by atoms with Gasteiger partial charge in [-0.3, -0.25) is 9.59 Å². The van der Waals surface area contributed by atoms with Crippen LogP contribution in [-0.2, 0) is 16.1 Å². The normalized spacial score (nSPS) is 16.2. The number of hydrogen-bond acceptors (Lipinski definition) is 5. The summed E-state index contributed by atoms with van der Waals surface area (Å²) in [5.41, 5.74) is 0.988. The van der Waals surface area contributed by atoms with Crippen molar-refractivity contribution in [3.8, 4) is 5.75 Å². The van der Waals surface area contributed by atoms with Crippen LogP contribution in [0, 0.1) is 0 Å². The molecule has 24 heavy (non-hydrogen) atoms.